The second kappa shape index (κ2) is 6.84. The van der Waals surface area contributed by atoms with Crippen LogP contribution in [0.4, 0.5) is 0 Å². The number of carboxylic acid groups (broad SMARTS) is 1. The zero-order valence-corrected chi connectivity index (χ0v) is 16.5. The van der Waals surface area contributed by atoms with Gasteiger partial charge < -0.3 is 26.0 Å². The lowest BCUT2D eigenvalue weighted by atomic mass is 9.80. The molecule has 1 aliphatic carbocycles. The van der Waals surface area contributed by atoms with E-state index < -0.39 is 5.97 Å². The van der Waals surface area contributed by atoms with Crippen LogP contribution in [0.5, 0.6) is 0 Å². The Morgan fingerprint density at radius 2 is 2.07 bits per heavy atom. The molecule has 3 aliphatic rings. The number of benzene rings is 1. The van der Waals surface area contributed by atoms with Gasteiger partial charge in [-0.3, -0.25) is 4.79 Å². The molecule has 1 aromatic heterocycles. The number of para-hydroxylation sites is 1. The number of carboxylic acids is 1. The number of nitrogens with one attached hydrogen (secondary N) is 2. The van der Waals surface area contributed by atoms with Gasteiger partial charge in [0.25, 0.3) is 0 Å². The van der Waals surface area contributed by atoms with Crippen LogP contribution in [-0.2, 0) is 4.79 Å². The quantitative estimate of drug-likeness (QED) is 0.618. The van der Waals surface area contributed by atoms with Gasteiger partial charge in [-0.05, 0) is 43.7 Å². The lowest BCUT2D eigenvalue weighted by Crippen LogP contribution is -2.44. The lowest BCUT2D eigenvalue weighted by Gasteiger charge is -2.36. The molecule has 1 unspecified atom stereocenters. The molecule has 0 radical (unpaired) electrons. The number of hydrogen-bond donors (Lipinski definition) is 4. The number of aliphatic imine (C=N–C) groups is 1. The molecule has 2 aliphatic heterocycles. The number of nitrogens with two attached hydrogens (primary N) is 1. The van der Waals surface area contributed by atoms with Crippen molar-refractivity contribution in [3.63, 3.8) is 0 Å². The number of nitrogens with zero attached hydrogens (tertiary/aromatic N) is 2. The lowest BCUT2D eigenvalue weighted by molar-refractivity contribution is -0.143. The van der Waals surface area contributed by atoms with Crippen molar-refractivity contribution < 1.29 is 9.90 Å². The highest BCUT2D eigenvalue weighted by Gasteiger charge is 2.40. The van der Waals surface area contributed by atoms with Crippen LogP contribution in [0.15, 0.2) is 47.4 Å². The Kier molecular flexibility index (Phi) is 4.28. The highest BCUT2D eigenvalue weighted by atomic mass is 35.5. The first-order valence-corrected chi connectivity index (χ1v) is 10.2. The van der Waals surface area contributed by atoms with Crippen molar-refractivity contribution in [3.8, 4) is 0 Å². The summed E-state index contributed by atoms with van der Waals surface area (Å²) < 4.78 is 0. The van der Waals surface area contributed by atoms with Crippen molar-refractivity contribution in [3.05, 3.63) is 53.1 Å². The third-order valence-electron chi connectivity index (χ3n) is 6.21. The molecule has 7 nitrogen and oxygen atoms in total. The first-order chi connectivity index (χ1) is 14.0. The number of carbonyl (C=O) groups is 1. The first kappa shape index (κ1) is 18.1. The van der Waals surface area contributed by atoms with E-state index in [9.17, 15) is 9.90 Å². The number of aromatic amines is 1. The zero-order valence-electron chi connectivity index (χ0n) is 15.7. The molecule has 3 heterocycles. The van der Waals surface area contributed by atoms with Crippen LogP contribution >= 0.6 is 11.6 Å². The van der Waals surface area contributed by atoms with E-state index in [2.05, 4.69) is 26.3 Å². The van der Waals surface area contributed by atoms with Gasteiger partial charge in [-0.15, -0.1) is 0 Å². The summed E-state index contributed by atoms with van der Waals surface area (Å²) in [6.45, 7) is 0. The van der Waals surface area contributed by atoms with Crippen molar-refractivity contribution in [2.24, 2.45) is 22.6 Å². The molecule has 1 atom stereocenters. The molecule has 0 amide bonds. The third-order valence-corrected chi connectivity index (χ3v) is 6.53. The van der Waals surface area contributed by atoms with Crippen LogP contribution in [0.3, 0.4) is 0 Å². The summed E-state index contributed by atoms with van der Waals surface area (Å²) in [5, 5.41) is 14.6. The Morgan fingerprint density at radius 3 is 2.79 bits per heavy atom. The summed E-state index contributed by atoms with van der Waals surface area (Å²) in [6, 6.07) is 7.86. The number of halogens is 1. The number of aromatic nitrogens is 1. The minimum Gasteiger partial charge on any atom is -0.481 e. The molecule has 1 saturated carbocycles. The SMILES string of the molecule is NC1=NC=CN2C1=C(c1cc3cccc(Cl)c3[nH]1)NC2[C@H]1CC[C@@H](C(=O)O)CC1. The van der Waals surface area contributed by atoms with Crippen LogP contribution in [0.25, 0.3) is 16.6 Å². The Balaban J connectivity index is 1.49. The summed E-state index contributed by atoms with van der Waals surface area (Å²) in [7, 11) is 0. The molecule has 0 bridgehead atoms. The van der Waals surface area contributed by atoms with Crippen LogP contribution < -0.4 is 11.1 Å². The largest absolute Gasteiger partial charge is 0.481 e. The van der Waals surface area contributed by atoms with Gasteiger partial charge in [0, 0.05) is 17.8 Å². The Bertz CT molecular complexity index is 1080. The first-order valence-electron chi connectivity index (χ1n) is 9.83. The van der Waals surface area contributed by atoms with Gasteiger partial charge in [0.05, 0.1) is 27.8 Å². The minimum absolute atomic E-state index is 0.0157. The Labute approximate surface area is 172 Å². The van der Waals surface area contributed by atoms with Crippen molar-refractivity contribution in [2.75, 3.05) is 0 Å². The second-order valence-electron chi connectivity index (χ2n) is 7.87. The summed E-state index contributed by atoms with van der Waals surface area (Å²) in [5.74, 6) is -0.145. The van der Waals surface area contributed by atoms with Crippen LogP contribution in [0.1, 0.15) is 31.4 Å². The number of aliphatic carboxylic acids is 1. The molecule has 5 rings (SSSR count). The highest BCUT2D eigenvalue weighted by molar-refractivity contribution is 6.35. The van der Waals surface area contributed by atoms with E-state index in [1.54, 1.807) is 6.20 Å². The minimum atomic E-state index is -0.688. The maximum absolute atomic E-state index is 11.3. The molecule has 1 aromatic carbocycles. The second-order valence-corrected chi connectivity index (χ2v) is 8.28. The van der Waals surface area contributed by atoms with E-state index in [0.29, 0.717) is 29.6 Å². The third kappa shape index (κ3) is 2.97. The molecule has 29 heavy (non-hydrogen) atoms. The van der Waals surface area contributed by atoms with E-state index in [0.717, 1.165) is 40.8 Å². The highest BCUT2D eigenvalue weighted by Crippen LogP contribution is 2.39. The fourth-order valence-electron chi connectivity index (χ4n) is 4.71. The Hall–Kier alpha value is -2.93. The van der Waals surface area contributed by atoms with Crippen LogP contribution in [0.2, 0.25) is 5.02 Å². The molecule has 0 spiro atoms. The maximum atomic E-state index is 11.3. The molecule has 150 valence electrons. The van der Waals surface area contributed by atoms with E-state index in [-0.39, 0.29) is 12.1 Å². The molecule has 0 saturated heterocycles. The van der Waals surface area contributed by atoms with Gasteiger partial charge in [-0.25, -0.2) is 4.99 Å². The fourth-order valence-corrected chi connectivity index (χ4v) is 4.94. The summed E-state index contributed by atoms with van der Waals surface area (Å²) in [6.07, 6.45) is 6.78. The number of amidine groups is 1. The van der Waals surface area contributed by atoms with Gasteiger partial charge in [0.15, 0.2) is 0 Å². The predicted molar refractivity (Wildman–Crippen MR) is 113 cm³/mol. The molecule has 1 fully saturated rings. The molecule has 8 heteroatoms. The van der Waals surface area contributed by atoms with Crippen molar-refractivity contribution in [1.82, 2.24) is 15.2 Å². The molecule has 5 N–H and O–H groups in total. The summed E-state index contributed by atoms with van der Waals surface area (Å²) in [4.78, 5) is 21.2. The van der Waals surface area contributed by atoms with Gasteiger partial charge in [0.1, 0.15) is 17.7 Å². The van der Waals surface area contributed by atoms with E-state index in [1.807, 2.05) is 24.4 Å². The monoisotopic (exact) mass is 411 g/mol. The van der Waals surface area contributed by atoms with Crippen LogP contribution in [0, 0.1) is 11.8 Å². The van der Waals surface area contributed by atoms with E-state index in [1.165, 1.54) is 0 Å². The summed E-state index contributed by atoms with van der Waals surface area (Å²) in [5.41, 5.74) is 9.80. The fraction of sp³-hybridized carbons (Fsp3) is 0.333. The number of fused-ring (bicyclic) bond motifs is 2. The zero-order chi connectivity index (χ0) is 20.1. The standard InChI is InChI=1S/C21H22ClN5O2/c22-14-3-1-2-13-10-15(25-16(13)14)17-18-19(23)24-8-9-27(18)20(26-17)11-4-6-12(7-5-11)21(28)29/h1-3,8-12,20,25-26H,4-7H2,(H2,23,24)(H,28,29)/t11-,12+,20?. The topological polar surface area (TPSA) is 107 Å². The molecular formula is C21H22ClN5O2. The van der Waals surface area contributed by atoms with Crippen molar-refractivity contribution >= 4 is 40.0 Å². The predicted octanol–water partition coefficient (Wildman–Crippen LogP) is 3.45. The molecule has 2 aromatic rings. The average molecular weight is 412 g/mol. The van der Waals surface area contributed by atoms with Gasteiger partial charge >= 0.3 is 5.97 Å². The van der Waals surface area contributed by atoms with Gasteiger partial charge in [0.2, 0.25) is 0 Å². The Morgan fingerprint density at radius 1 is 1.28 bits per heavy atom. The van der Waals surface area contributed by atoms with Crippen molar-refractivity contribution in [1.29, 1.82) is 0 Å². The normalized spacial score (nSPS) is 26.4. The number of rotatable bonds is 3. The smallest absolute Gasteiger partial charge is 0.306 e. The number of hydrogen-bond acceptors (Lipinski definition) is 5. The summed E-state index contributed by atoms with van der Waals surface area (Å²) >= 11 is 6.35. The van der Waals surface area contributed by atoms with E-state index in [4.69, 9.17) is 17.3 Å². The average Bonchev–Trinajstić information content (AvgIpc) is 3.31. The maximum Gasteiger partial charge on any atom is 0.306 e. The van der Waals surface area contributed by atoms with Gasteiger partial charge in [-0.2, -0.15) is 0 Å². The van der Waals surface area contributed by atoms with Gasteiger partial charge in [-0.1, -0.05) is 23.7 Å². The van der Waals surface area contributed by atoms with Crippen LogP contribution in [-0.4, -0.2) is 33.0 Å². The molecular weight excluding hydrogens is 390 g/mol. The number of H-pyrrole nitrogens is 1. The van der Waals surface area contributed by atoms with Crippen molar-refractivity contribution in [2.45, 2.75) is 31.8 Å². The van der Waals surface area contributed by atoms with E-state index >= 15 is 0 Å².